The Balaban J connectivity index is 2.00. The molecule has 1 aliphatic rings. The van der Waals surface area contributed by atoms with Gasteiger partial charge in [-0.2, -0.15) is 0 Å². The lowest BCUT2D eigenvalue weighted by molar-refractivity contribution is -0.481. The Labute approximate surface area is 54.2 Å². The van der Waals surface area contributed by atoms with E-state index in [1.54, 1.807) is 0 Å². The summed E-state index contributed by atoms with van der Waals surface area (Å²) in [5.74, 6) is 1.42. The van der Waals surface area contributed by atoms with Gasteiger partial charge in [-0.25, -0.2) is 0 Å². The Morgan fingerprint density at radius 1 is 1.78 bits per heavy atom. The number of rotatable bonds is 3. The lowest BCUT2D eigenvalue weighted by Gasteiger charge is -1.89. The maximum Gasteiger partial charge on any atom is 0.204 e. The van der Waals surface area contributed by atoms with E-state index in [4.69, 9.17) is 0 Å². The first-order chi connectivity index (χ1) is 4.20. The third kappa shape index (κ3) is 2.00. The Hall–Kier alpha value is -0.600. The van der Waals surface area contributed by atoms with Crippen LogP contribution in [0.4, 0.5) is 0 Å². The summed E-state index contributed by atoms with van der Waals surface area (Å²) in [5.41, 5.74) is 0. The van der Waals surface area contributed by atoms with Crippen molar-refractivity contribution in [1.82, 2.24) is 0 Å². The molecule has 2 unspecified atom stereocenters. The number of nitrogens with zero attached hydrogens (tertiary/aromatic N) is 1. The molecule has 0 amide bonds. The highest BCUT2D eigenvalue weighted by atomic mass is 16.6. The van der Waals surface area contributed by atoms with E-state index < -0.39 is 0 Å². The normalized spacial score (nSPS) is 32.1. The molecule has 0 bridgehead atoms. The Bertz CT molecular complexity index is 124. The van der Waals surface area contributed by atoms with Gasteiger partial charge in [-0.05, 0) is 18.3 Å². The molecular weight excluding hydrogens is 118 g/mol. The highest BCUT2D eigenvalue weighted by molar-refractivity contribution is 4.81. The summed E-state index contributed by atoms with van der Waals surface area (Å²) in [6, 6.07) is 0. The minimum Gasteiger partial charge on any atom is -0.265 e. The van der Waals surface area contributed by atoms with E-state index in [9.17, 15) is 10.1 Å². The van der Waals surface area contributed by atoms with Crippen molar-refractivity contribution >= 4 is 0 Å². The van der Waals surface area contributed by atoms with E-state index in [1.807, 2.05) is 0 Å². The average molecular weight is 129 g/mol. The molecule has 9 heavy (non-hydrogen) atoms. The van der Waals surface area contributed by atoms with Gasteiger partial charge in [-0.3, -0.25) is 10.1 Å². The predicted octanol–water partition coefficient (Wildman–Crippen LogP) is 1.31. The fourth-order valence-electron chi connectivity index (χ4n) is 1.07. The van der Waals surface area contributed by atoms with Crippen LogP contribution in [-0.2, 0) is 0 Å². The summed E-state index contributed by atoms with van der Waals surface area (Å²) in [6.45, 7) is 2.31. The van der Waals surface area contributed by atoms with Crippen molar-refractivity contribution in [2.24, 2.45) is 11.8 Å². The number of hydrogen-bond donors (Lipinski definition) is 0. The maximum absolute atomic E-state index is 9.84. The molecule has 2 atom stereocenters. The molecule has 3 nitrogen and oxygen atoms in total. The lowest BCUT2D eigenvalue weighted by Crippen LogP contribution is -2.01. The molecule has 1 saturated carbocycles. The molecule has 1 fully saturated rings. The van der Waals surface area contributed by atoms with Crippen LogP contribution in [-0.4, -0.2) is 11.5 Å². The quantitative estimate of drug-likeness (QED) is 0.426. The smallest absolute Gasteiger partial charge is 0.204 e. The van der Waals surface area contributed by atoms with Gasteiger partial charge in [0.1, 0.15) is 0 Å². The zero-order valence-electron chi connectivity index (χ0n) is 5.54. The molecule has 3 heteroatoms. The Morgan fingerprint density at radius 3 is 2.67 bits per heavy atom. The fourth-order valence-corrected chi connectivity index (χ4v) is 1.07. The third-order valence-corrected chi connectivity index (χ3v) is 1.96. The van der Waals surface area contributed by atoms with Crippen molar-refractivity contribution in [2.45, 2.75) is 19.8 Å². The molecule has 0 radical (unpaired) electrons. The van der Waals surface area contributed by atoms with Crippen LogP contribution >= 0.6 is 0 Å². The maximum atomic E-state index is 9.84. The van der Waals surface area contributed by atoms with Crippen LogP contribution in [0.3, 0.4) is 0 Å². The third-order valence-electron chi connectivity index (χ3n) is 1.96. The molecule has 1 rings (SSSR count). The van der Waals surface area contributed by atoms with Gasteiger partial charge in [0.15, 0.2) is 0 Å². The van der Waals surface area contributed by atoms with E-state index in [0.29, 0.717) is 5.92 Å². The van der Waals surface area contributed by atoms with Crippen LogP contribution in [0.1, 0.15) is 19.8 Å². The van der Waals surface area contributed by atoms with Crippen LogP contribution in [0.15, 0.2) is 0 Å². The molecule has 0 aromatic heterocycles. The first-order valence-electron chi connectivity index (χ1n) is 3.32. The topological polar surface area (TPSA) is 43.1 Å². The van der Waals surface area contributed by atoms with Crippen molar-refractivity contribution in [2.75, 3.05) is 6.54 Å². The van der Waals surface area contributed by atoms with Crippen LogP contribution < -0.4 is 0 Å². The summed E-state index contributed by atoms with van der Waals surface area (Å²) in [4.78, 5) is 9.61. The van der Waals surface area contributed by atoms with Crippen LogP contribution in [0.25, 0.3) is 0 Å². The molecule has 0 aliphatic heterocycles. The first-order valence-corrected chi connectivity index (χ1v) is 3.32. The molecule has 0 heterocycles. The summed E-state index contributed by atoms with van der Waals surface area (Å²) in [5, 5.41) is 9.84. The summed E-state index contributed by atoms with van der Waals surface area (Å²) < 4.78 is 0. The van der Waals surface area contributed by atoms with Gasteiger partial charge in [-0.15, -0.1) is 0 Å². The Morgan fingerprint density at radius 2 is 2.33 bits per heavy atom. The fraction of sp³-hybridized carbons (Fsp3) is 1.00. The van der Waals surface area contributed by atoms with Crippen molar-refractivity contribution in [3.63, 3.8) is 0 Å². The van der Waals surface area contributed by atoms with Gasteiger partial charge < -0.3 is 0 Å². The molecule has 0 aromatic carbocycles. The molecule has 0 aromatic rings. The number of hydrogen-bond acceptors (Lipinski definition) is 2. The van der Waals surface area contributed by atoms with Gasteiger partial charge in [0, 0.05) is 11.3 Å². The summed E-state index contributed by atoms with van der Waals surface area (Å²) >= 11 is 0. The zero-order chi connectivity index (χ0) is 6.85. The van der Waals surface area contributed by atoms with Crippen molar-refractivity contribution in [3.8, 4) is 0 Å². The van der Waals surface area contributed by atoms with Crippen LogP contribution in [0.5, 0.6) is 0 Å². The second-order valence-electron chi connectivity index (χ2n) is 2.82. The Kier molecular flexibility index (Phi) is 1.69. The highest BCUT2D eigenvalue weighted by Crippen LogP contribution is 2.40. The number of nitro groups is 1. The van der Waals surface area contributed by atoms with E-state index in [2.05, 4.69) is 6.92 Å². The highest BCUT2D eigenvalue weighted by Gasteiger charge is 2.33. The SMILES string of the molecule is CC1CC1CC[N+](=O)[O-]. The largest absolute Gasteiger partial charge is 0.265 e. The summed E-state index contributed by atoms with van der Waals surface area (Å²) in [6.07, 6.45) is 1.99. The molecule has 52 valence electrons. The lowest BCUT2D eigenvalue weighted by atomic mass is 10.2. The monoisotopic (exact) mass is 129 g/mol. The molecule has 1 aliphatic carbocycles. The van der Waals surface area contributed by atoms with Gasteiger partial charge in [0.2, 0.25) is 6.54 Å². The van der Waals surface area contributed by atoms with Gasteiger partial charge in [0.25, 0.3) is 0 Å². The van der Waals surface area contributed by atoms with Gasteiger partial charge in [0.05, 0.1) is 0 Å². The minimum absolute atomic E-state index is 0.162. The van der Waals surface area contributed by atoms with Crippen molar-refractivity contribution in [1.29, 1.82) is 0 Å². The van der Waals surface area contributed by atoms with E-state index in [0.717, 1.165) is 12.3 Å². The molecule has 0 saturated heterocycles. The predicted molar refractivity (Wildman–Crippen MR) is 33.7 cm³/mol. The van der Waals surface area contributed by atoms with Crippen LogP contribution in [0, 0.1) is 22.0 Å². The minimum atomic E-state index is -0.231. The molecule has 0 N–H and O–H groups in total. The van der Waals surface area contributed by atoms with E-state index in [-0.39, 0.29) is 11.5 Å². The van der Waals surface area contributed by atoms with Crippen molar-refractivity contribution < 1.29 is 4.92 Å². The molecular formula is C6H11NO2. The average Bonchev–Trinajstić information content (AvgIpc) is 2.42. The van der Waals surface area contributed by atoms with Crippen LogP contribution in [0.2, 0.25) is 0 Å². The molecule has 0 spiro atoms. The second-order valence-corrected chi connectivity index (χ2v) is 2.82. The summed E-state index contributed by atoms with van der Waals surface area (Å²) in [7, 11) is 0. The van der Waals surface area contributed by atoms with Gasteiger partial charge >= 0.3 is 0 Å². The second kappa shape index (κ2) is 2.33. The standard InChI is InChI=1S/C6H11NO2/c1-5-4-6(5)2-3-7(8)9/h5-6H,2-4H2,1H3. The van der Waals surface area contributed by atoms with Crippen molar-refractivity contribution in [3.05, 3.63) is 10.1 Å². The first kappa shape index (κ1) is 6.52. The zero-order valence-corrected chi connectivity index (χ0v) is 5.54. The van der Waals surface area contributed by atoms with Gasteiger partial charge in [-0.1, -0.05) is 6.92 Å². The van der Waals surface area contributed by atoms with E-state index in [1.165, 1.54) is 6.42 Å². The van der Waals surface area contributed by atoms with E-state index >= 15 is 0 Å².